The molecule has 1 heterocycles. The maximum absolute atomic E-state index is 12.2. The van der Waals surface area contributed by atoms with Crippen molar-refractivity contribution in [2.75, 3.05) is 18.5 Å². The van der Waals surface area contributed by atoms with Gasteiger partial charge in [-0.2, -0.15) is 0 Å². The molecular weight excluding hydrogens is 384 g/mol. The van der Waals surface area contributed by atoms with E-state index in [2.05, 4.69) is 24.1 Å². The third-order valence-corrected chi connectivity index (χ3v) is 5.10. The Bertz CT molecular complexity index is 922. The number of amides is 1. The van der Waals surface area contributed by atoms with Crippen molar-refractivity contribution in [1.29, 1.82) is 0 Å². The van der Waals surface area contributed by atoms with E-state index in [1.165, 1.54) is 16.9 Å². The summed E-state index contributed by atoms with van der Waals surface area (Å²) in [5.41, 5.74) is 2.98. The molecule has 0 aliphatic heterocycles. The fraction of sp³-hybridized carbons (Fsp3) is 0.304. The summed E-state index contributed by atoms with van der Waals surface area (Å²) in [5, 5.41) is 5.27. The average molecular weight is 411 g/mol. The zero-order valence-corrected chi connectivity index (χ0v) is 17.6. The van der Waals surface area contributed by atoms with Crippen molar-refractivity contribution in [1.82, 2.24) is 4.98 Å². The van der Waals surface area contributed by atoms with E-state index in [1.54, 1.807) is 0 Å². The Hall–Kier alpha value is -2.86. The molecule has 0 saturated carbocycles. The Kier molecular flexibility index (Phi) is 7.64. The van der Waals surface area contributed by atoms with E-state index in [-0.39, 0.29) is 12.5 Å². The maximum Gasteiger partial charge on any atom is 0.264 e. The molecule has 0 radical (unpaired) electrons. The highest BCUT2D eigenvalue weighted by molar-refractivity contribution is 7.14. The first-order chi connectivity index (χ1) is 14.2. The summed E-state index contributed by atoms with van der Waals surface area (Å²) >= 11 is 1.39. The van der Waals surface area contributed by atoms with Gasteiger partial charge in [-0.15, -0.1) is 11.3 Å². The number of anilines is 1. The fourth-order valence-electron chi connectivity index (χ4n) is 2.68. The molecule has 1 aromatic heterocycles. The predicted octanol–water partition coefficient (Wildman–Crippen LogP) is 5.57. The molecule has 0 atom stereocenters. The molecule has 0 saturated heterocycles. The zero-order chi connectivity index (χ0) is 20.5. The molecule has 5 nitrogen and oxygen atoms in total. The monoisotopic (exact) mass is 410 g/mol. The number of carbonyl (C=O) groups excluding carboxylic acids is 1. The molecule has 3 aromatic rings. The minimum absolute atomic E-state index is 0.0497. The first-order valence-electron chi connectivity index (χ1n) is 9.88. The zero-order valence-electron chi connectivity index (χ0n) is 16.8. The van der Waals surface area contributed by atoms with Gasteiger partial charge in [0.1, 0.15) is 11.5 Å². The topological polar surface area (TPSA) is 60.5 Å². The second kappa shape index (κ2) is 10.6. The van der Waals surface area contributed by atoms with Gasteiger partial charge in [0.2, 0.25) is 0 Å². The second-order valence-corrected chi connectivity index (χ2v) is 7.46. The number of benzene rings is 2. The van der Waals surface area contributed by atoms with Gasteiger partial charge >= 0.3 is 0 Å². The normalized spacial score (nSPS) is 10.6. The molecule has 0 fully saturated rings. The highest BCUT2D eigenvalue weighted by Crippen LogP contribution is 2.26. The Morgan fingerprint density at radius 1 is 1.07 bits per heavy atom. The molecule has 6 heteroatoms. The molecule has 1 N–H and O–H groups in total. The Balaban J connectivity index is 1.52. The van der Waals surface area contributed by atoms with E-state index < -0.39 is 0 Å². The standard InChI is InChI=1S/C23H26N2O3S/c1-3-5-13-27-19-11-9-18(10-12-19)21-16-29-23(24-21)25-22(26)15-28-20-8-6-7-17(4-2)14-20/h6-12,14,16H,3-5,13,15H2,1-2H3,(H,24,25,26). The second-order valence-electron chi connectivity index (χ2n) is 6.60. The molecule has 3 rings (SSSR count). The van der Waals surface area contributed by atoms with Crippen LogP contribution in [0.4, 0.5) is 5.13 Å². The van der Waals surface area contributed by atoms with E-state index in [0.29, 0.717) is 10.9 Å². The van der Waals surface area contributed by atoms with Crippen LogP contribution in [0, 0.1) is 0 Å². The number of rotatable bonds is 10. The maximum atomic E-state index is 12.2. The van der Waals surface area contributed by atoms with Crippen LogP contribution in [-0.2, 0) is 11.2 Å². The van der Waals surface area contributed by atoms with Gasteiger partial charge in [0.05, 0.1) is 12.3 Å². The number of thiazole rings is 1. The van der Waals surface area contributed by atoms with Crippen molar-refractivity contribution in [2.45, 2.75) is 33.1 Å². The summed E-state index contributed by atoms with van der Waals surface area (Å²) in [6, 6.07) is 15.6. The molecule has 2 aromatic carbocycles. The number of nitrogens with one attached hydrogen (secondary N) is 1. The first kappa shape index (κ1) is 20.9. The number of carbonyl (C=O) groups is 1. The van der Waals surface area contributed by atoms with Gasteiger partial charge in [-0.1, -0.05) is 32.4 Å². The highest BCUT2D eigenvalue weighted by atomic mass is 32.1. The van der Waals surface area contributed by atoms with E-state index >= 15 is 0 Å². The van der Waals surface area contributed by atoms with Crippen LogP contribution in [0.15, 0.2) is 53.9 Å². The minimum Gasteiger partial charge on any atom is -0.494 e. The summed E-state index contributed by atoms with van der Waals surface area (Å²) < 4.78 is 11.3. The number of aromatic nitrogens is 1. The van der Waals surface area contributed by atoms with Crippen molar-refractivity contribution in [3.8, 4) is 22.8 Å². The molecule has 29 heavy (non-hydrogen) atoms. The van der Waals surface area contributed by atoms with Crippen LogP contribution in [0.1, 0.15) is 32.3 Å². The Labute approximate surface area is 175 Å². The van der Waals surface area contributed by atoms with Crippen LogP contribution in [0.25, 0.3) is 11.3 Å². The molecule has 0 unspecified atom stereocenters. The lowest BCUT2D eigenvalue weighted by atomic mass is 10.2. The van der Waals surface area contributed by atoms with Gasteiger partial charge in [0.15, 0.2) is 11.7 Å². The Morgan fingerprint density at radius 2 is 1.90 bits per heavy atom. The molecule has 1 amide bonds. The molecule has 0 aliphatic carbocycles. The molecular formula is C23H26N2O3S. The van der Waals surface area contributed by atoms with Crippen LogP contribution in [0.2, 0.25) is 0 Å². The number of aryl methyl sites for hydroxylation is 1. The number of unbranched alkanes of at least 4 members (excludes halogenated alkanes) is 1. The van der Waals surface area contributed by atoms with E-state index in [1.807, 2.05) is 53.9 Å². The molecule has 0 aliphatic rings. The van der Waals surface area contributed by atoms with Gasteiger partial charge in [-0.3, -0.25) is 10.1 Å². The predicted molar refractivity (Wildman–Crippen MR) is 118 cm³/mol. The number of hydrogen-bond acceptors (Lipinski definition) is 5. The van der Waals surface area contributed by atoms with Crippen molar-refractivity contribution < 1.29 is 14.3 Å². The third kappa shape index (κ3) is 6.32. The minimum atomic E-state index is -0.229. The van der Waals surface area contributed by atoms with E-state index in [0.717, 1.165) is 42.9 Å². The van der Waals surface area contributed by atoms with Crippen molar-refractivity contribution >= 4 is 22.4 Å². The van der Waals surface area contributed by atoms with Crippen molar-refractivity contribution in [3.05, 3.63) is 59.5 Å². The van der Waals surface area contributed by atoms with Crippen LogP contribution in [0.5, 0.6) is 11.5 Å². The van der Waals surface area contributed by atoms with Crippen LogP contribution >= 0.6 is 11.3 Å². The van der Waals surface area contributed by atoms with Crippen LogP contribution < -0.4 is 14.8 Å². The lowest BCUT2D eigenvalue weighted by Crippen LogP contribution is -2.20. The van der Waals surface area contributed by atoms with Crippen LogP contribution in [0.3, 0.4) is 0 Å². The summed E-state index contributed by atoms with van der Waals surface area (Å²) in [5.74, 6) is 1.32. The number of hydrogen-bond donors (Lipinski definition) is 1. The molecule has 152 valence electrons. The van der Waals surface area contributed by atoms with Gasteiger partial charge in [-0.25, -0.2) is 4.98 Å². The van der Waals surface area contributed by atoms with E-state index in [4.69, 9.17) is 9.47 Å². The van der Waals surface area contributed by atoms with E-state index in [9.17, 15) is 4.79 Å². The van der Waals surface area contributed by atoms with Crippen LogP contribution in [-0.4, -0.2) is 24.1 Å². The summed E-state index contributed by atoms with van der Waals surface area (Å²) in [6.07, 6.45) is 3.09. The SMILES string of the molecule is CCCCOc1ccc(-c2csc(NC(=O)COc3cccc(CC)c3)n2)cc1. The van der Waals surface area contributed by atoms with Gasteiger partial charge < -0.3 is 9.47 Å². The first-order valence-corrected chi connectivity index (χ1v) is 10.8. The summed E-state index contributed by atoms with van der Waals surface area (Å²) in [7, 11) is 0. The lowest BCUT2D eigenvalue weighted by molar-refractivity contribution is -0.118. The van der Waals surface area contributed by atoms with Crippen molar-refractivity contribution in [3.63, 3.8) is 0 Å². The summed E-state index contributed by atoms with van der Waals surface area (Å²) in [6.45, 7) is 4.90. The smallest absolute Gasteiger partial charge is 0.264 e. The third-order valence-electron chi connectivity index (χ3n) is 4.34. The quantitative estimate of drug-likeness (QED) is 0.444. The van der Waals surface area contributed by atoms with Gasteiger partial charge in [0.25, 0.3) is 5.91 Å². The lowest BCUT2D eigenvalue weighted by Gasteiger charge is -2.07. The van der Waals surface area contributed by atoms with Gasteiger partial charge in [-0.05, 0) is 54.8 Å². The molecule has 0 bridgehead atoms. The number of ether oxygens (including phenoxy) is 2. The fourth-order valence-corrected chi connectivity index (χ4v) is 3.42. The Morgan fingerprint density at radius 3 is 2.66 bits per heavy atom. The highest BCUT2D eigenvalue weighted by Gasteiger charge is 2.09. The van der Waals surface area contributed by atoms with Crippen molar-refractivity contribution in [2.24, 2.45) is 0 Å². The molecule has 0 spiro atoms. The summed E-state index contributed by atoms with van der Waals surface area (Å²) in [4.78, 5) is 16.7. The number of nitrogens with zero attached hydrogens (tertiary/aromatic N) is 1. The average Bonchev–Trinajstić information content (AvgIpc) is 3.21. The van der Waals surface area contributed by atoms with Gasteiger partial charge in [0, 0.05) is 10.9 Å². The largest absolute Gasteiger partial charge is 0.494 e.